The van der Waals surface area contributed by atoms with E-state index in [0.29, 0.717) is 6.54 Å². The largest absolute Gasteiger partial charge is 0.285 e. The normalized spacial score (nSPS) is 10.9. The van der Waals surface area contributed by atoms with E-state index in [0.717, 1.165) is 10.9 Å². The fourth-order valence-corrected chi connectivity index (χ4v) is 1.70. The van der Waals surface area contributed by atoms with Gasteiger partial charge in [-0.15, -0.1) is 0 Å². The Balaban J connectivity index is 2.97. The smallest absolute Gasteiger partial charge is 0.274 e. The summed E-state index contributed by atoms with van der Waals surface area (Å²) in [5, 5.41) is 0.798. The lowest BCUT2D eigenvalue weighted by Gasteiger charge is -2.02. The van der Waals surface area contributed by atoms with Crippen LogP contribution >= 0.6 is 0 Å². The highest BCUT2D eigenvalue weighted by molar-refractivity contribution is 5.78. The zero-order valence-corrected chi connectivity index (χ0v) is 7.82. The first-order chi connectivity index (χ1) is 6.25. The maximum absolute atomic E-state index is 11.7. The fourth-order valence-electron chi connectivity index (χ4n) is 1.70. The molecule has 0 saturated carbocycles. The van der Waals surface area contributed by atoms with Crippen LogP contribution in [0.4, 0.5) is 0 Å². The Morgan fingerprint density at radius 1 is 1.31 bits per heavy atom. The predicted molar refractivity (Wildman–Crippen MR) is 52.9 cm³/mol. The summed E-state index contributed by atoms with van der Waals surface area (Å²) in [7, 11) is 1.91. The van der Waals surface area contributed by atoms with E-state index in [4.69, 9.17) is 0 Å². The predicted octanol–water partition coefficient (Wildman–Crippen LogP) is 1.36. The number of nitrogens with zero attached hydrogens (tertiary/aromatic N) is 2. The van der Waals surface area contributed by atoms with Crippen molar-refractivity contribution in [2.24, 2.45) is 7.05 Å². The molecule has 2 aromatic rings. The number of fused-ring (bicyclic) bond motifs is 1. The summed E-state index contributed by atoms with van der Waals surface area (Å²) in [5.74, 6) is 0. The van der Waals surface area contributed by atoms with Crippen LogP contribution in [0.1, 0.15) is 6.92 Å². The average Bonchev–Trinajstić information content (AvgIpc) is 2.41. The third-order valence-electron chi connectivity index (χ3n) is 2.38. The van der Waals surface area contributed by atoms with Gasteiger partial charge in [0.1, 0.15) is 0 Å². The van der Waals surface area contributed by atoms with Crippen LogP contribution in [0.2, 0.25) is 0 Å². The van der Waals surface area contributed by atoms with Gasteiger partial charge in [0.05, 0.1) is 10.9 Å². The van der Waals surface area contributed by atoms with E-state index < -0.39 is 0 Å². The molecule has 1 aromatic carbocycles. The quantitative estimate of drug-likeness (QED) is 0.644. The van der Waals surface area contributed by atoms with Crippen LogP contribution in [0, 0.1) is 0 Å². The van der Waals surface area contributed by atoms with Gasteiger partial charge in [0.25, 0.3) is 5.56 Å². The summed E-state index contributed by atoms with van der Waals surface area (Å²) in [6.07, 6.45) is 0. The summed E-state index contributed by atoms with van der Waals surface area (Å²) in [6, 6.07) is 7.66. The summed E-state index contributed by atoms with van der Waals surface area (Å²) >= 11 is 0. The molecule has 13 heavy (non-hydrogen) atoms. The number of benzene rings is 1. The highest BCUT2D eigenvalue weighted by Gasteiger charge is 2.06. The molecule has 0 radical (unpaired) electrons. The molecule has 1 aromatic heterocycles. The van der Waals surface area contributed by atoms with Gasteiger partial charge in [-0.3, -0.25) is 14.2 Å². The average molecular weight is 176 g/mol. The Labute approximate surface area is 76.2 Å². The molecule has 0 aliphatic carbocycles. The van der Waals surface area contributed by atoms with E-state index in [1.165, 1.54) is 0 Å². The SMILES string of the molecule is CCn1c(=O)c2ccccc2n1C. The molecule has 0 unspecified atom stereocenters. The van der Waals surface area contributed by atoms with Crippen LogP contribution in [0.5, 0.6) is 0 Å². The molecule has 3 heteroatoms. The molecule has 0 amide bonds. The van der Waals surface area contributed by atoms with Crippen LogP contribution in [0.25, 0.3) is 10.9 Å². The zero-order chi connectivity index (χ0) is 9.42. The summed E-state index contributed by atoms with van der Waals surface area (Å²) < 4.78 is 3.63. The highest BCUT2D eigenvalue weighted by atomic mass is 16.1. The minimum absolute atomic E-state index is 0.0978. The van der Waals surface area contributed by atoms with E-state index in [-0.39, 0.29) is 5.56 Å². The standard InChI is InChI=1S/C10H12N2O/c1-3-12-10(13)8-6-4-5-7-9(8)11(12)2/h4-7H,3H2,1-2H3. The highest BCUT2D eigenvalue weighted by Crippen LogP contribution is 2.08. The van der Waals surface area contributed by atoms with Crippen LogP contribution < -0.4 is 5.56 Å². The number of rotatable bonds is 1. The number of aromatic nitrogens is 2. The Hall–Kier alpha value is -1.51. The lowest BCUT2D eigenvalue weighted by molar-refractivity contribution is 0.532. The molecule has 0 fully saturated rings. The Kier molecular flexibility index (Phi) is 1.72. The second kappa shape index (κ2) is 2.76. The molecule has 2 rings (SSSR count). The maximum atomic E-state index is 11.7. The van der Waals surface area contributed by atoms with Crippen molar-refractivity contribution in [2.75, 3.05) is 0 Å². The second-order valence-corrected chi connectivity index (χ2v) is 3.06. The van der Waals surface area contributed by atoms with E-state index in [9.17, 15) is 4.79 Å². The second-order valence-electron chi connectivity index (χ2n) is 3.06. The van der Waals surface area contributed by atoms with Gasteiger partial charge in [-0.1, -0.05) is 12.1 Å². The Morgan fingerprint density at radius 3 is 2.62 bits per heavy atom. The van der Waals surface area contributed by atoms with Crippen molar-refractivity contribution >= 4 is 10.9 Å². The molecular weight excluding hydrogens is 164 g/mol. The van der Waals surface area contributed by atoms with Gasteiger partial charge in [-0.05, 0) is 19.1 Å². The molecule has 0 aliphatic rings. The summed E-state index contributed by atoms with van der Waals surface area (Å²) in [5.41, 5.74) is 1.09. The first-order valence-corrected chi connectivity index (χ1v) is 4.40. The molecular formula is C10H12N2O. The topological polar surface area (TPSA) is 26.9 Å². The van der Waals surface area contributed by atoms with Gasteiger partial charge in [0.15, 0.2) is 0 Å². The lowest BCUT2D eigenvalue weighted by atomic mass is 10.2. The third-order valence-corrected chi connectivity index (χ3v) is 2.38. The van der Waals surface area contributed by atoms with Gasteiger partial charge in [0.2, 0.25) is 0 Å². The molecule has 0 spiro atoms. The number of aryl methyl sites for hydroxylation is 1. The molecule has 0 aliphatic heterocycles. The molecule has 0 atom stereocenters. The molecule has 0 N–H and O–H groups in total. The van der Waals surface area contributed by atoms with E-state index in [2.05, 4.69) is 0 Å². The van der Waals surface area contributed by atoms with Crippen molar-refractivity contribution in [3.8, 4) is 0 Å². The molecule has 0 bridgehead atoms. The van der Waals surface area contributed by atoms with Gasteiger partial charge in [-0.2, -0.15) is 0 Å². The minimum atomic E-state index is 0.0978. The van der Waals surface area contributed by atoms with Crippen molar-refractivity contribution in [1.82, 2.24) is 9.36 Å². The van der Waals surface area contributed by atoms with Crippen LogP contribution in [0.15, 0.2) is 29.1 Å². The van der Waals surface area contributed by atoms with Crippen molar-refractivity contribution in [1.29, 1.82) is 0 Å². The van der Waals surface area contributed by atoms with Gasteiger partial charge in [-0.25, -0.2) is 0 Å². The van der Waals surface area contributed by atoms with Crippen molar-refractivity contribution in [2.45, 2.75) is 13.5 Å². The first-order valence-electron chi connectivity index (χ1n) is 4.40. The summed E-state index contributed by atoms with van der Waals surface area (Å²) in [4.78, 5) is 11.7. The Bertz CT molecular complexity index is 493. The molecule has 68 valence electrons. The summed E-state index contributed by atoms with van der Waals surface area (Å²) in [6.45, 7) is 2.68. The molecule has 1 heterocycles. The van der Waals surface area contributed by atoms with E-state index in [1.807, 2.05) is 42.9 Å². The number of hydrogen-bond donors (Lipinski definition) is 0. The fraction of sp³-hybridized carbons (Fsp3) is 0.300. The minimum Gasteiger partial charge on any atom is -0.285 e. The molecule has 3 nitrogen and oxygen atoms in total. The zero-order valence-electron chi connectivity index (χ0n) is 7.82. The maximum Gasteiger partial charge on any atom is 0.274 e. The number of hydrogen-bond acceptors (Lipinski definition) is 1. The van der Waals surface area contributed by atoms with Gasteiger partial charge in [0, 0.05) is 13.6 Å². The lowest BCUT2D eigenvalue weighted by Crippen LogP contribution is -2.19. The van der Waals surface area contributed by atoms with E-state index >= 15 is 0 Å². The monoisotopic (exact) mass is 176 g/mol. The molecule has 0 saturated heterocycles. The van der Waals surface area contributed by atoms with E-state index in [1.54, 1.807) is 4.68 Å². The van der Waals surface area contributed by atoms with Gasteiger partial charge < -0.3 is 0 Å². The van der Waals surface area contributed by atoms with Crippen LogP contribution in [0.3, 0.4) is 0 Å². The first kappa shape index (κ1) is 8.10. The van der Waals surface area contributed by atoms with Gasteiger partial charge >= 0.3 is 0 Å². The van der Waals surface area contributed by atoms with Crippen LogP contribution in [-0.2, 0) is 13.6 Å². The van der Waals surface area contributed by atoms with Crippen molar-refractivity contribution in [3.63, 3.8) is 0 Å². The van der Waals surface area contributed by atoms with Crippen molar-refractivity contribution < 1.29 is 0 Å². The third kappa shape index (κ3) is 1.00. The number of para-hydroxylation sites is 1. The Morgan fingerprint density at radius 2 is 2.00 bits per heavy atom. The van der Waals surface area contributed by atoms with Crippen molar-refractivity contribution in [3.05, 3.63) is 34.6 Å². The van der Waals surface area contributed by atoms with Crippen LogP contribution in [-0.4, -0.2) is 9.36 Å².